The molecule has 1 N–H and O–H groups in total. The number of halogens is 1. The number of rotatable bonds is 7. The van der Waals surface area contributed by atoms with Gasteiger partial charge in [0, 0.05) is 62.7 Å². The van der Waals surface area contributed by atoms with Crippen LogP contribution in [0.4, 0.5) is 9.18 Å². The average Bonchev–Trinajstić information content (AvgIpc) is 2.98. The molecule has 0 atom stereocenters. The van der Waals surface area contributed by atoms with Gasteiger partial charge in [-0.15, -0.1) is 0 Å². The number of thioether (sulfide) groups is 1. The van der Waals surface area contributed by atoms with Gasteiger partial charge in [-0.3, -0.25) is 9.59 Å². The number of aromatic nitrogens is 2. The van der Waals surface area contributed by atoms with Crippen molar-refractivity contribution in [1.82, 2.24) is 19.8 Å². The number of piperidine rings is 2. The van der Waals surface area contributed by atoms with Crippen molar-refractivity contribution in [3.8, 4) is 5.75 Å². The minimum Gasteiger partial charge on any atom is -0.493 e. The summed E-state index contributed by atoms with van der Waals surface area (Å²) in [5, 5.41) is 0.399. The first-order valence-electron chi connectivity index (χ1n) is 15.4. The monoisotopic (exact) mass is 618 g/mol. The van der Waals surface area contributed by atoms with E-state index in [0.29, 0.717) is 73.7 Å². The Bertz CT molecular complexity index is 1340. The highest BCUT2D eigenvalue weighted by atomic mass is 32.2. The molecular weight excluding hydrogens is 575 g/mol. The molecule has 1 aromatic carbocycles. The van der Waals surface area contributed by atoms with Crippen molar-refractivity contribution in [2.75, 3.05) is 46.0 Å². The van der Waals surface area contributed by atoms with E-state index in [4.69, 9.17) is 14.2 Å². The minimum atomic E-state index is -0.650. The Morgan fingerprint density at radius 2 is 1.72 bits per heavy atom. The Kier molecular flexibility index (Phi) is 10.2. The smallest absolute Gasteiger partial charge is 0.410 e. The molecular formula is C31H43FN4O6S. The van der Waals surface area contributed by atoms with Crippen molar-refractivity contribution >= 4 is 34.7 Å². The Labute approximate surface area is 256 Å². The van der Waals surface area contributed by atoms with E-state index in [1.807, 2.05) is 25.7 Å². The zero-order valence-corrected chi connectivity index (χ0v) is 26.2. The topological polar surface area (TPSA) is 114 Å². The van der Waals surface area contributed by atoms with Gasteiger partial charge in [0.05, 0.1) is 17.9 Å². The molecule has 3 aliphatic rings. The molecule has 0 unspecified atom stereocenters. The molecule has 1 aromatic heterocycles. The van der Waals surface area contributed by atoms with Crippen LogP contribution < -0.4 is 10.3 Å². The molecule has 0 radical (unpaired) electrons. The number of carbonyl (C=O) groups excluding carboxylic acids is 2. The van der Waals surface area contributed by atoms with E-state index in [2.05, 4.69) is 9.97 Å². The number of H-pyrrole nitrogens is 1. The predicted molar refractivity (Wildman–Crippen MR) is 163 cm³/mol. The van der Waals surface area contributed by atoms with Gasteiger partial charge in [0.25, 0.3) is 5.56 Å². The first-order valence-corrected chi connectivity index (χ1v) is 16.4. The highest BCUT2D eigenvalue weighted by Crippen LogP contribution is 2.28. The van der Waals surface area contributed by atoms with Crippen LogP contribution in [0, 0.1) is 17.7 Å². The zero-order chi connectivity index (χ0) is 30.6. The number of amides is 2. The first-order chi connectivity index (χ1) is 20.6. The highest BCUT2D eigenvalue weighted by Gasteiger charge is 2.33. The maximum absolute atomic E-state index is 14.9. The normalized spacial score (nSPS) is 19.5. The van der Waals surface area contributed by atoms with Gasteiger partial charge in [-0.05, 0) is 65.2 Å². The van der Waals surface area contributed by atoms with E-state index in [9.17, 15) is 18.8 Å². The van der Waals surface area contributed by atoms with Crippen LogP contribution >= 0.6 is 11.8 Å². The van der Waals surface area contributed by atoms with Crippen LogP contribution in [0.5, 0.6) is 5.75 Å². The Balaban J connectivity index is 1.09. The van der Waals surface area contributed by atoms with Gasteiger partial charge in [-0.1, -0.05) is 0 Å². The standard InChI is InChI=1S/C31H43FN4O6S/c1-31(2,3)42-30(39)36-12-6-21(7-13-36)29(38)35-10-4-20(5-11-35)18-41-22-16-24(32)27-25(17-22)33-26(34-28(27)37)19-43-23-8-14-40-15-9-23/h16-17,20-21,23H,4-15,18-19H2,1-3H3,(H,33,34,37). The number of likely N-dealkylation sites (tertiary alicyclic amines) is 2. The van der Waals surface area contributed by atoms with E-state index >= 15 is 0 Å². The summed E-state index contributed by atoms with van der Waals surface area (Å²) in [6.45, 7) is 9.78. The summed E-state index contributed by atoms with van der Waals surface area (Å²) in [5.74, 6) is 1.07. The lowest BCUT2D eigenvalue weighted by Crippen LogP contribution is -2.47. The Morgan fingerprint density at radius 3 is 2.40 bits per heavy atom. The molecule has 12 heteroatoms. The van der Waals surface area contributed by atoms with Gasteiger partial charge in [0.15, 0.2) is 0 Å². The molecule has 236 valence electrons. The van der Waals surface area contributed by atoms with Crippen LogP contribution in [0.3, 0.4) is 0 Å². The minimum absolute atomic E-state index is 0.0593. The summed E-state index contributed by atoms with van der Waals surface area (Å²) in [6.07, 6.45) is 4.49. The van der Waals surface area contributed by atoms with Crippen LogP contribution in [0.2, 0.25) is 0 Å². The Hall–Kier alpha value is -2.86. The first kappa shape index (κ1) is 31.6. The summed E-state index contributed by atoms with van der Waals surface area (Å²) >= 11 is 1.73. The van der Waals surface area contributed by atoms with Crippen molar-refractivity contribution in [2.24, 2.45) is 11.8 Å². The van der Waals surface area contributed by atoms with Crippen LogP contribution in [0.15, 0.2) is 16.9 Å². The van der Waals surface area contributed by atoms with Crippen LogP contribution in [-0.2, 0) is 20.0 Å². The molecule has 10 nitrogen and oxygen atoms in total. The third-order valence-corrected chi connectivity index (χ3v) is 9.70. The second-order valence-corrected chi connectivity index (χ2v) is 14.0. The molecule has 43 heavy (non-hydrogen) atoms. The third kappa shape index (κ3) is 8.41. The van der Waals surface area contributed by atoms with E-state index in [-0.39, 0.29) is 29.2 Å². The SMILES string of the molecule is CC(C)(C)OC(=O)N1CCC(C(=O)N2CCC(COc3cc(F)c4c(=O)[nH]c(CSC5CCOCC5)nc4c3)CC2)CC1. The second-order valence-electron chi connectivity index (χ2n) is 12.8. The number of ether oxygens (including phenoxy) is 3. The second kappa shape index (κ2) is 13.8. The lowest BCUT2D eigenvalue weighted by atomic mass is 9.92. The number of aromatic amines is 1. The van der Waals surface area contributed by atoms with E-state index < -0.39 is 17.0 Å². The van der Waals surface area contributed by atoms with Gasteiger partial charge in [0.1, 0.15) is 28.4 Å². The molecule has 3 saturated heterocycles. The van der Waals surface area contributed by atoms with Crippen molar-refractivity contribution < 1.29 is 28.2 Å². The van der Waals surface area contributed by atoms with Gasteiger partial charge in [0.2, 0.25) is 5.91 Å². The molecule has 0 spiro atoms. The maximum Gasteiger partial charge on any atom is 0.410 e. The lowest BCUT2D eigenvalue weighted by molar-refractivity contribution is -0.138. The number of hydrogen-bond acceptors (Lipinski definition) is 8. The number of hydrogen-bond donors (Lipinski definition) is 1. The molecule has 5 rings (SSSR count). The van der Waals surface area contributed by atoms with Crippen molar-refractivity contribution in [2.45, 2.75) is 75.9 Å². The largest absolute Gasteiger partial charge is 0.493 e. The molecule has 2 aromatic rings. The van der Waals surface area contributed by atoms with E-state index in [0.717, 1.165) is 38.9 Å². The molecule has 3 fully saturated rings. The number of nitrogens with one attached hydrogen (secondary N) is 1. The highest BCUT2D eigenvalue weighted by molar-refractivity contribution is 7.99. The number of carbonyl (C=O) groups is 2. The van der Waals surface area contributed by atoms with Crippen LogP contribution in [0.1, 0.15) is 65.1 Å². The molecule has 0 bridgehead atoms. The summed E-state index contributed by atoms with van der Waals surface area (Å²) < 4.78 is 31.8. The summed E-state index contributed by atoms with van der Waals surface area (Å²) in [5.41, 5.74) is -0.729. The quantitative estimate of drug-likeness (QED) is 0.474. The zero-order valence-electron chi connectivity index (χ0n) is 25.4. The van der Waals surface area contributed by atoms with Gasteiger partial charge >= 0.3 is 6.09 Å². The summed E-state index contributed by atoms with van der Waals surface area (Å²) in [7, 11) is 0. The summed E-state index contributed by atoms with van der Waals surface area (Å²) in [4.78, 5) is 49.0. The average molecular weight is 619 g/mol. The molecule has 0 aliphatic carbocycles. The molecule has 2 amide bonds. The Morgan fingerprint density at radius 1 is 1.05 bits per heavy atom. The van der Waals surface area contributed by atoms with Gasteiger partial charge in [-0.25, -0.2) is 14.2 Å². The summed E-state index contributed by atoms with van der Waals surface area (Å²) in [6, 6.07) is 2.89. The predicted octanol–water partition coefficient (Wildman–Crippen LogP) is 4.74. The molecule has 3 aliphatic heterocycles. The number of nitrogens with zero attached hydrogens (tertiary/aromatic N) is 3. The van der Waals surface area contributed by atoms with Crippen molar-refractivity contribution in [1.29, 1.82) is 0 Å². The number of benzene rings is 1. The fourth-order valence-electron chi connectivity index (χ4n) is 5.87. The van der Waals surface area contributed by atoms with Crippen molar-refractivity contribution in [3.63, 3.8) is 0 Å². The maximum atomic E-state index is 14.9. The molecule has 4 heterocycles. The lowest BCUT2D eigenvalue weighted by Gasteiger charge is -2.37. The number of fused-ring (bicyclic) bond motifs is 1. The third-order valence-electron chi connectivity index (χ3n) is 8.32. The van der Waals surface area contributed by atoms with Gasteiger partial charge in [-0.2, -0.15) is 11.8 Å². The molecule has 0 saturated carbocycles. The van der Waals surface area contributed by atoms with Gasteiger partial charge < -0.3 is 29.0 Å². The fraction of sp³-hybridized carbons (Fsp3) is 0.677. The fourth-order valence-corrected chi connectivity index (χ4v) is 6.92. The van der Waals surface area contributed by atoms with E-state index in [1.54, 1.807) is 22.7 Å². The van der Waals surface area contributed by atoms with E-state index in [1.165, 1.54) is 6.07 Å². The van der Waals surface area contributed by atoms with Crippen LogP contribution in [-0.4, -0.2) is 88.6 Å². The van der Waals surface area contributed by atoms with Crippen LogP contribution in [0.25, 0.3) is 10.9 Å². The van der Waals surface area contributed by atoms with Crippen molar-refractivity contribution in [3.05, 3.63) is 34.1 Å².